The normalized spacial score (nSPS) is 18.5. The molecule has 0 atom stereocenters. The molecule has 0 unspecified atom stereocenters. The average molecular weight is 277 g/mol. The smallest absolute Gasteiger partial charge is 0.119 e. The lowest BCUT2D eigenvalue weighted by Crippen LogP contribution is -2.35. The van der Waals surface area contributed by atoms with Gasteiger partial charge in [-0.15, -0.1) is 0 Å². The summed E-state index contributed by atoms with van der Waals surface area (Å²) < 4.78 is 5.84. The highest BCUT2D eigenvalue weighted by atomic mass is 16.5. The van der Waals surface area contributed by atoms with Crippen LogP contribution in [0.1, 0.15) is 50.5 Å². The molecular weight excluding hydrogens is 250 g/mol. The van der Waals surface area contributed by atoms with Crippen molar-refractivity contribution >= 4 is 0 Å². The van der Waals surface area contributed by atoms with Crippen LogP contribution in [-0.4, -0.2) is 23.9 Å². The van der Waals surface area contributed by atoms with E-state index in [0.717, 1.165) is 44.3 Å². The first kappa shape index (κ1) is 15.3. The largest absolute Gasteiger partial charge is 0.491 e. The van der Waals surface area contributed by atoms with E-state index < -0.39 is 5.60 Å². The van der Waals surface area contributed by atoms with Gasteiger partial charge in [-0.05, 0) is 49.9 Å². The van der Waals surface area contributed by atoms with Crippen molar-refractivity contribution < 1.29 is 9.84 Å². The number of rotatable bonds is 6. The van der Waals surface area contributed by atoms with Gasteiger partial charge in [0.2, 0.25) is 0 Å². The summed E-state index contributed by atoms with van der Waals surface area (Å²) in [4.78, 5) is 0. The molecule has 1 aliphatic rings. The van der Waals surface area contributed by atoms with E-state index in [-0.39, 0.29) is 0 Å². The maximum atomic E-state index is 10.6. The molecule has 112 valence electrons. The molecule has 2 rings (SSSR count). The molecule has 3 N–H and O–H groups in total. The Morgan fingerprint density at radius 1 is 1.15 bits per heavy atom. The predicted molar refractivity (Wildman–Crippen MR) is 82.0 cm³/mol. The maximum Gasteiger partial charge on any atom is 0.119 e. The molecule has 3 heteroatoms. The van der Waals surface area contributed by atoms with Crippen molar-refractivity contribution in [3.05, 3.63) is 29.8 Å². The summed E-state index contributed by atoms with van der Waals surface area (Å²) in [5.74, 6) is 0.859. The third-order valence-electron chi connectivity index (χ3n) is 4.11. The van der Waals surface area contributed by atoms with Crippen LogP contribution in [0.3, 0.4) is 0 Å². The van der Waals surface area contributed by atoms with E-state index in [1.165, 1.54) is 18.4 Å². The number of ether oxygens (including phenoxy) is 1. The second-order valence-corrected chi connectivity index (χ2v) is 5.97. The van der Waals surface area contributed by atoms with Crippen LogP contribution in [0.25, 0.3) is 0 Å². The molecule has 20 heavy (non-hydrogen) atoms. The Bertz CT molecular complexity index is 398. The van der Waals surface area contributed by atoms with Gasteiger partial charge in [-0.25, -0.2) is 0 Å². The van der Waals surface area contributed by atoms with Gasteiger partial charge in [-0.3, -0.25) is 0 Å². The molecule has 1 saturated carbocycles. The topological polar surface area (TPSA) is 55.5 Å². The summed E-state index contributed by atoms with van der Waals surface area (Å²) in [5.41, 5.74) is 6.15. The lowest BCUT2D eigenvalue weighted by Gasteiger charge is -2.26. The SMILES string of the molecule is NCCCc1cccc(OCC2(O)CCCCCC2)c1. The molecule has 0 heterocycles. The summed E-state index contributed by atoms with van der Waals surface area (Å²) >= 11 is 0. The molecule has 1 aliphatic carbocycles. The Morgan fingerprint density at radius 3 is 2.60 bits per heavy atom. The van der Waals surface area contributed by atoms with Crippen LogP contribution in [0.15, 0.2) is 24.3 Å². The highest BCUT2D eigenvalue weighted by Crippen LogP contribution is 2.28. The standard InChI is InChI=1S/C17H27NO2/c18-12-6-8-15-7-5-9-16(13-15)20-14-17(19)10-3-1-2-4-11-17/h5,7,9,13,19H,1-4,6,8,10-12,14,18H2. The highest BCUT2D eigenvalue weighted by molar-refractivity contribution is 5.28. The molecule has 1 aromatic carbocycles. The van der Waals surface area contributed by atoms with Crippen LogP contribution in [0.5, 0.6) is 5.75 Å². The van der Waals surface area contributed by atoms with Gasteiger partial charge in [0.25, 0.3) is 0 Å². The Morgan fingerprint density at radius 2 is 1.90 bits per heavy atom. The molecule has 0 radical (unpaired) electrons. The number of aryl methyl sites for hydroxylation is 1. The lowest BCUT2D eigenvalue weighted by molar-refractivity contribution is -0.0173. The van der Waals surface area contributed by atoms with E-state index in [0.29, 0.717) is 13.2 Å². The first-order valence-corrected chi connectivity index (χ1v) is 7.86. The molecule has 0 amide bonds. The zero-order chi connectivity index (χ0) is 14.3. The number of hydrogen-bond acceptors (Lipinski definition) is 3. The van der Waals surface area contributed by atoms with Crippen LogP contribution in [0.2, 0.25) is 0 Å². The minimum absolute atomic E-state index is 0.410. The van der Waals surface area contributed by atoms with Crippen LogP contribution in [-0.2, 0) is 6.42 Å². The summed E-state index contributed by atoms with van der Waals surface area (Å²) in [6.07, 6.45) is 8.38. The third-order valence-corrected chi connectivity index (χ3v) is 4.11. The molecule has 0 bridgehead atoms. The second-order valence-electron chi connectivity index (χ2n) is 5.97. The predicted octanol–water partition coefficient (Wildman–Crippen LogP) is 3.04. The van der Waals surface area contributed by atoms with Crippen molar-refractivity contribution in [2.75, 3.05) is 13.2 Å². The Balaban J connectivity index is 1.89. The Kier molecular flexibility index (Phi) is 5.86. The van der Waals surface area contributed by atoms with Crippen molar-refractivity contribution in [3.8, 4) is 5.75 Å². The first-order chi connectivity index (χ1) is 9.72. The van der Waals surface area contributed by atoms with Gasteiger partial charge in [0, 0.05) is 0 Å². The van der Waals surface area contributed by atoms with Gasteiger partial charge in [-0.1, -0.05) is 37.8 Å². The summed E-state index contributed by atoms with van der Waals surface area (Å²) in [7, 11) is 0. The second kappa shape index (κ2) is 7.65. The van der Waals surface area contributed by atoms with Crippen LogP contribution >= 0.6 is 0 Å². The fraction of sp³-hybridized carbons (Fsp3) is 0.647. The molecule has 1 fully saturated rings. The third kappa shape index (κ3) is 4.80. The molecule has 1 aromatic rings. The molecule has 0 spiro atoms. The first-order valence-electron chi connectivity index (χ1n) is 7.86. The zero-order valence-electron chi connectivity index (χ0n) is 12.3. The number of nitrogens with two attached hydrogens (primary N) is 1. The minimum atomic E-state index is -0.635. The number of hydrogen-bond donors (Lipinski definition) is 2. The summed E-state index contributed by atoms with van der Waals surface area (Å²) in [6, 6.07) is 8.14. The highest BCUT2D eigenvalue weighted by Gasteiger charge is 2.28. The van der Waals surface area contributed by atoms with Crippen molar-refractivity contribution in [1.82, 2.24) is 0 Å². The fourth-order valence-corrected chi connectivity index (χ4v) is 2.85. The van der Waals surface area contributed by atoms with E-state index in [1.807, 2.05) is 12.1 Å². The van der Waals surface area contributed by atoms with Crippen LogP contribution in [0, 0.1) is 0 Å². The average Bonchev–Trinajstić information content (AvgIpc) is 2.69. The zero-order valence-corrected chi connectivity index (χ0v) is 12.3. The molecular formula is C17H27NO2. The van der Waals surface area contributed by atoms with E-state index in [1.54, 1.807) is 0 Å². The van der Waals surface area contributed by atoms with Crippen molar-refractivity contribution in [2.24, 2.45) is 5.73 Å². The number of aliphatic hydroxyl groups is 1. The van der Waals surface area contributed by atoms with Gasteiger partial charge >= 0.3 is 0 Å². The minimum Gasteiger partial charge on any atom is -0.491 e. The van der Waals surface area contributed by atoms with Gasteiger partial charge < -0.3 is 15.6 Å². The number of benzene rings is 1. The molecule has 0 aliphatic heterocycles. The van der Waals surface area contributed by atoms with Crippen molar-refractivity contribution in [1.29, 1.82) is 0 Å². The van der Waals surface area contributed by atoms with Crippen LogP contribution in [0.4, 0.5) is 0 Å². The summed E-state index contributed by atoms with van der Waals surface area (Å²) in [5, 5.41) is 10.6. The Hall–Kier alpha value is -1.06. The molecule has 0 saturated heterocycles. The quantitative estimate of drug-likeness (QED) is 0.786. The Labute approximate surface area is 122 Å². The van der Waals surface area contributed by atoms with Crippen molar-refractivity contribution in [3.63, 3.8) is 0 Å². The van der Waals surface area contributed by atoms with Gasteiger partial charge in [0.05, 0.1) is 5.60 Å². The van der Waals surface area contributed by atoms with E-state index in [2.05, 4.69) is 12.1 Å². The molecule has 0 aromatic heterocycles. The van der Waals surface area contributed by atoms with E-state index in [9.17, 15) is 5.11 Å². The fourth-order valence-electron chi connectivity index (χ4n) is 2.85. The van der Waals surface area contributed by atoms with Gasteiger partial charge in [0.1, 0.15) is 12.4 Å². The molecule has 3 nitrogen and oxygen atoms in total. The monoisotopic (exact) mass is 277 g/mol. The lowest BCUT2D eigenvalue weighted by atomic mass is 9.96. The van der Waals surface area contributed by atoms with Gasteiger partial charge in [-0.2, -0.15) is 0 Å². The van der Waals surface area contributed by atoms with E-state index in [4.69, 9.17) is 10.5 Å². The van der Waals surface area contributed by atoms with E-state index >= 15 is 0 Å². The van der Waals surface area contributed by atoms with Crippen molar-refractivity contribution in [2.45, 2.75) is 57.0 Å². The maximum absolute atomic E-state index is 10.6. The van der Waals surface area contributed by atoms with Gasteiger partial charge in [0.15, 0.2) is 0 Å². The van der Waals surface area contributed by atoms with Crippen LogP contribution < -0.4 is 10.5 Å². The summed E-state index contributed by atoms with van der Waals surface area (Å²) in [6.45, 7) is 1.12.